The van der Waals surface area contributed by atoms with Gasteiger partial charge in [0.15, 0.2) is 0 Å². The van der Waals surface area contributed by atoms with Gasteiger partial charge in [0.05, 0.1) is 10.6 Å². The van der Waals surface area contributed by atoms with Crippen LogP contribution < -0.4 is 9.50 Å². The molecule has 0 aromatic heterocycles. The molecule has 0 fully saturated rings. The van der Waals surface area contributed by atoms with Crippen LogP contribution >= 0.6 is 38.5 Å². The highest BCUT2D eigenvalue weighted by Crippen LogP contribution is 2.29. The van der Waals surface area contributed by atoms with Crippen LogP contribution in [-0.2, 0) is 14.9 Å². The highest BCUT2D eigenvalue weighted by Gasteiger charge is 2.21. The number of para-hydroxylation sites is 1. The maximum absolute atomic E-state index is 12.7. The monoisotopic (exact) mass is 653 g/mol. The zero-order chi connectivity index (χ0) is 24.9. The Kier molecular flexibility index (Phi) is 8.02. The van der Waals surface area contributed by atoms with Crippen LogP contribution in [0.5, 0.6) is 5.75 Å². The molecule has 0 aliphatic heterocycles. The minimum absolute atomic E-state index is 0.142. The van der Waals surface area contributed by atoms with Crippen molar-refractivity contribution in [2.45, 2.75) is 4.90 Å². The van der Waals surface area contributed by atoms with Gasteiger partial charge in [-0.3, -0.25) is 14.9 Å². The van der Waals surface area contributed by atoms with Gasteiger partial charge in [0.1, 0.15) is 22.3 Å². The summed E-state index contributed by atoms with van der Waals surface area (Å²) >= 11 is 5.31. The van der Waals surface area contributed by atoms with Crippen molar-refractivity contribution in [3.05, 3.63) is 96.0 Å². The van der Waals surface area contributed by atoms with E-state index in [1.54, 1.807) is 24.3 Å². The number of rotatable bonds is 7. The topological polar surface area (TPSA) is 139 Å². The summed E-state index contributed by atoms with van der Waals surface area (Å²) in [6, 6.07) is 17.4. The second-order valence-electron chi connectivity index (χ2n) is 6.57. The summed E-state index contributed by atoms with van der Waals surface area (Å²) in [7, 11) is -4.36. The highest BCUT2D eigenvalue weighted by molar-refractivity contribution is 14.1. The first-order valence-electron chi connectivity index (χ1n) is 9.27. The van der Waals surface area contributed by atoms with Crippen molar-refractivity contribution in [2.24, 2.45) is 0 Å². The van der Waals surface area contributed by atoms with Crippen LogP contribution in [0.4, 0.5) is 11.4 Å². The van der Waals surface area contributed by atoms with Crippen LogP contribution in [0.15, 0.2) is 81.7 Å². The molecular weight excluding hydrogens is 641 g/mol. The molecule has 3 rings (SSSR count). The lowest BCUT2D eigenvalue weighted by molar-refractivity contribution is -0.384. The summed E-state index contributed by atoms with van der Waals surface area (Å²) in [6.07, 6.45) is 1.20. The van der Waals surface area contributed by atoms with Gasteiger partial charge in [-0.2, -0.15) is 13.7 Å². The number of carbonyl (C=O) groups excluding carboxylic acids is 1. The third-order valence-electron chi connectivity index (χ3n) is 4.29. The van der Waals surface area contributed by atoms with Crippen molar-refractivity contribution >= 4 is 72.0 Å². The normalized spacial score (nSPS) is 11.4. The minimum Gasteiger partial charge on any atom is -0.378 e. The number of amides is 1. The number of nitro groups is 1. The smallest absolute Gasteiger partial charge is 0.339 e. The van der Waals surface area contributed by atoms with Gasteiger partial charge in [-0.05, 0) is 71.1 Å². The lowest BCUT2D eigenvalue weighted by Crippen LogP contribution is -2.14. The Morgan fingerprint density at radius 2 is 1.82 bits per heavy atom. The largest absolute Gasteiger partial charge is 0.378 e. The Hall–Kier alpha value is -3.28. The fourth-order valence-electron chi connectivity index (χ4n) is 2.67. The molecule has 0 saturated carbocycles. The molecule has 0 spiro atoms. The number of nitrogens with zero attached hydrogens (tertiary/aromatic N) is 2. The third kappa shape index (κ3) is 6.19. The molecule has 0 bridgehead atoms. The highest BCUT2D eigenvalue weighted by atomic mass is 127. The number of halogens is 2. The Balaban J connectivity index is 1.94. The molecule has 12 heteroatoms. The average molecular weight is 654 g/mol. The Morgan fingerprint density at radius 1 is 1.15 bits per heavy atom. The fourth-order valence-corrected chi connectivity index (χ4v) is 4.52. The fraction of sp³-hybridized carbons (Fsp3) is 0. The predicted molar refractivity (Wildman–Crippen MR) is 136 cm³/mol. The summed E-state index contributed by atoms with van der Waals surface area (Å²) in [5, 5.41) is 23.0. The van der Waals surface area contributed by atoms with E-state index in [1.807, 2.05) is 28.7 Å². The summed E-state index contributed by atoms with van der Waals surface area (Å²) in [4.78, 5) is 22.5. The lowest BCUT2D eigenvalue weighted by atomic mass is 10.1. The number of anilines is 1. The van der Waals surface area contributed by atoms with Gasteiger partial charge >= 0.3 is 10.1 Å². The molecule has 0 atom stereocenters. The first kappa shape index (κ1) is 25.3. The molecule has 0 heterocycles. The van der Waals surface area contributed by atoms with Gasteiger partial charge in [0, 0.05) is 25.7 Å². The van der Waals surface area contributed by atoms with E-state index in [-0.39, 0.29) is 27.5 Å². The molecule has 0 saturated heterocycles. The molecule has 0 radical (unpaired) electrons. The molecule has 3 aromatic rings. The van der Waals surface area contributed by atoms with Crippen LogP contribution in [0.2, 0.25) is 0 Å². The zero-order valence-electron chi connectivity index (χ0n) is 16.9. The first-order valence-corrected chi connectivity index (χ1v) is 12.5. The van der Waals surface area contributed by atoms with E-state index < -0.39 is 20.9 Å². The van der Waals surface area contributed by atoms with Crippen molar-refractivity contribution in [2.75, 3.05) is 5.32 Å². The molecule has 0 aliphatic rings. The zero-order valence-corrected chi connectivity index (χ0v) is 21.5. The van der Waals surface area contributed by atoms with Gasteiger partial charge < -0.3 is 9.50 Å². The van der Waals surface area contributed by atoms with Crippen molar-refractivity contribution < 1.29 is 22.3 Å². The van der Waals surface area contributed by atoms with E-state index in [2.05, 4.69) is 21.2 Å². The van der Waals surface area contributed by atoms with Crippen molar-refractivity contribution in [3.63, 3.8) is 0 Å². The first-order chi connectivity index (χ1) is 16.1. The molecule has 0 aliphatic carbocycles. The molecule has 3 aromatic carbocycles. The maximum atomic E-state index is 12.7. The maximum Gasteiger partial charge on any atom is 0.339 e. The van der Waals surface area contributed by atoms with E-state index in [4.69, 9.17) is 4.18 Å². The molecular formula is C22H13BrIN3O6S. The Bertz CT molecular complexity index is 1450. The van der Waals surface area contributed by atoms with E-state index in [9.17, 15) is 28.6 Å². The van der Waals surface area contributed by atoms with Crippen molar-refractivity contribution in [1.29, 1.82) is 5.26 Å². The molecule has 34 heavy (non-hydrogen) atoms. The van der Waals surface area contributed by atoms with Crippen LogP contribution in [0.1, 0.15) is 5.56 Å². The van der Waals surface area contributed by atoms with Crippen molar-refractivity contribution in [1.82, 2.24) is 0 Å². The quantitative estimate of drug-likeness (QED) is 0.0914. The van der Waals surface area contributed by atoms with Crippen LogP contribution in [0, 0.1) is 25.0 Å². The number of hydrogen-bond donors (Lipinski definition) is 1. The van der Waals surface area contributed by atoms with Gasteiger partial charge in [0.25, 0.3) is 11.6 Å². The molecule has 9 nitrogen and oxygen atoms in total. The number of nitriles is 1. The van der Waals surface area contributed by atoms with E-state index in [0.717, 1.165) is 27.8 Å². The number of benzene rings is 3. The van der Waals surface area contributed by atoms with Crippen LogP contribution in [-0.4, -0.2) is 19.2 Å². The SMILES string of the molecule is N#C/C(=C/c1cc(Br)ccc1OS(=O)(=O)c1ccc([N+](=O)[O-])cc1)C(=O)Nc1ccccc1I. The summed E-state index contributed by atoms with van der Waals surface area (Å²) < 4.78 is 32.0. The standard InChI is InChI=1S/C22H13BrIN3O6S/c23-16-5-10-21(33-34(31,32)18-8-6-17(7-9-18)27(29)30)14(12-16)11-15(13-25)22(28)26-20-4-2-1-3-19(20)24/h1-12H,(H,26,28)/b15-11-. The van der Waals surface area contributed by atoms with Gasteiger partial charge in [-0.1, -0.05) is 28.1 Å². The molecule has 1 N–H and O–H groups in total. The number of carbonyl (C=O) groups is 1. The van der Waals surface area contributed by atoms with E-state index in [0.29, 0.717) is 10.2 Å². The van der Waals surface area contributed by atoms with E-state index >= 15 is 0 Å². The second kappa shape index (κ2) is 10.8. The number of nitrogens with one attached hydrogen (secondary N) is 1. The van der Waals surface area contributed by atoms with Crippen LogP contribution in [0.25, 0.3) is 6.08 Å². The summed E-state index contributed by atoms with van der Waals surface area (Å²) in [5.41, 5.74) is 0.106. The molecule has 1 amide bonds. The third-order valence-corrected chi connectivity index (χ3v) is 6.98. The van der Waals surface area contributed by atoms with Gasteiger partial charge in [-0.25, -0.2) is 0 Å². The van der Waals surface area contributed by atoms with Gasteiger partial charge in [0.2, 0.25) is 0 Å². The number of nitro benzene ring substituents is 1. The second-order valence-corrected chi connectivity index (χ2v) is 10.2. The molecule has 172 valence electrons. The number of hydrogen-bond acceptors (Lipinski definition) is 7. The van der Waals surface area contributed by atoms with Gasteiger partial charge in [-0.15, -0.1) is 0 Å². The average Bonchev–Trinajstić information content (AvgIpc) is 2.80. The Labute approximate surface area is 216 Å². The van der Waals surface area contributed by atoms with Crippen LogP contribution in [0.3, 0.4) is 0 Å². The van der Waals surface area contributed by atoms with Crippen molar-refractivity contribution in [3.8, 4) is 11.8 Å². The number of non-ortho nitro benzene ring substituents is 1. The molecule has 0 unspecified atom stereocenters. The summed E-state index contributed by atoms with van der Waals surface area (Å²) in [5.74, 6) is -0.827. The summed E-state index contributed by atoms with van der Waals surface area (Å²) in [6.45, 7) is 0. The van der Waals surface area contributed by atoms with E-state index in [1.165, 1.54) is 24.3 Å². The Morgan fingerprint density at radius 3 is 2.44 bits per heavy atom. The lowest BCUT2D eigenvalue weighted by Gasteiger charge is -2.11. The minimum atomic E-state index is -4.36. The predicted octanol–water partition coefficient (Wildman–Crippen LogP) is 5.28.